The van der Waals surface area contributed by atoms with Crippen LogP contribution in [0, 0.1) is 5.92 Å². The second-order valence-electron chi connectivity index (χ2n) is 4.31. The number of aromatic amines is 1. The molecule has 78 valence electrons. The molecule has 0 aromatic carbocycles. The van der Waals surface area contributed by atoms with Crippen LogP contribution in [0.4, 0.5) is 5.82 Å². The zero-order chi connectivity index (χ0) is 9.97. The zero-order valence-electron chi connectivity index (χ0n) is 8.66. The molecule has 4 heteroatoms. The van der Waals surface area contributed by atoms with E-state index >= 15 is 0 Å². The Morgan fingerprint density at radius 2 is 2.43 bits per heavy atom. The number of hydrogen-bond acceptors (Lipinski definition) is 3. The van der Waals surface area contributed by atoms with E-state index in [9.17, 15) is 0 Å². The summed E-state index contributed by atoms with van der Waals surface area (Å²) in [4.78, 5) is 2.33. The molecule has 14 heavy (non-hydrogen) atoms. The van der Waals surface area contributed by atoms with Gasteiger partial charge in [-0.15, -0.1) is 0 Å². The summed E-state index contributed by atoms with van der Waals surface area (Å²) in [6, 6.07) is 1.90. The number of rotatable bonds is 4. The zero-order valence-corrected chi connectivity index (χ0v) is 8.66. The predicted molar refractivity (Wildman–Crippen MR) is 56.7 cm³/mol. The number of nitrogens with one attached hydrogen (secondary N) is 1. The molecule has 0 atom stereocenters. The van der Waals surface area contributed by atoms with E-state index in [1.165, 1.54) is 25.8 Å². The second kappa shape index (κ2) is 4.00. The van der Waals surface area contributed by atoms with Crippen LogP contribution in [0.5, 0.6) is 0 Å². The molecule has 1 fully saturated rings. The Labute approximate surface area is 84.5 Å². The van der Waals surface area contributed by atoms with E-state index in [1.807, 2.05) is 6.07 Å². The molecule has 4 nitrogen and oxygen atoms in total. The van der Waals surface area contributed by atoms with Gasteiger partial charge in [-0.2, -0.15) is 5.10 Å². The van der Waals surface area contributed by atoms with Gasteiger partial charge in [0.1, 0.15) is 5.82 Å². The van der Waals surface area contributed by atoms with Crippen LogP contribution in [0.15, 0.2) is 6.07 Å². The van der Waals surface area contributed by atoms with Gasteiger partial charge in [0, 0.05) is 19.2 Å². The number of hydrogen-bond donors (Lipinski definition) is 2. The Morgan fingerprint density at radius 1 is 1.64 bits per heavy atom. The summed E-state index contributed by atoms with van der Waals surface area (Å²) >= 11 is 0. The first-order valence-corrected chi connectivity index (χ1v) is 5.22. The van der Waals surface area contributed by atoms with Crippen LogP contribution in [0.2, 0.25) is 0 Å². The summed E-state index contributed by atoms with van der Waals surface area (Å²) in [6.45, 7) is 2.11. The quantitative estimate of drug-likeness (QED) is 0.757. The summed E-state index contributed by atoms with van der Waals surface area (Å²) in [6.07, 6.45) is 4.21. The molecule has 0 spiro atoms. The molecule has 1 saturated carbocycles. The molecule has 1 aromatic rings. The number of nitrogen functional groups attached to an aromatic ring is 1. The molecular formula is C10H18N4. The van der Waals surface area contributed by atoms with Gasteiger partial charge in [0.25, 0.3) is 0 Å². The van der Waals surface area contributed by atoms with Gasteiger partial charge in [-0.3, -0.25) is 5.10 Å². The van der Waals surface area contributed by atoms with Crippen molar-refractivity contribution in [2.24, 2.45) is 5.92 Å². The maximum atomic E-state index is 5.53. The fourth-order valence-electron chi connectivity index (χ4n) is 1.93. The number of nitrogens with two attached hydrogens (primary N) is 1. The molecule has 1 aromatic heterocycles. The Morgan fingerprint density at radius 3 is 2.93 bits per heavy atom. The van der Waals surface area contributed by atoms with Crippen LogP contribution in [-0.2, 0) is 6.54 Å². The van der Waals surface area contributed by atoms with Crippen molar-refractivity contribution in [2.45, 2.75) is 25.8 Å². The predicted octanol–water partition coefficient (Wildman–Crippen LogP) is 1.22. The first-order valence-electron chi connectivity index (χ1n) is 5.22. The number of anilines is 1. The van der Waals surface area contributed by atoms with E-state index in [-0.39, 0.29) is 0 Å². The highest BCUT2D eigenvalue weighted by molar-refractivity contribution is 5.28. The Bertz CT molecular complexity index is 290. The lowest BCUT2D eigenvalue weighted by molar-refractivity contribution is 0.199. The van der Waals surface area contributed by atoms with Crippen molar-refractivity contribution < 1.29 is 0 Å². The lowest BCUT2D eigenvalue weighted by Gasteiger charge is -2.29. The van der Waals surface area contributed by atoms with Gasteiger partial charge < -0.3 is 10.6 Å². The van der Waals surface area contributed by atoms with Crippen molar-refractivity contribution in [3.05, 3.63) is 11.8 Å². The molecule has 1 aliphatic rings. The lowest BCUT2D eigenvalue weighted by Crippen LogP contribution is -2.29. The van der Waals surface area contributed by atoms with E-state index < -0.39 is 0 Å². The molecule has 0 unspecified atom stereocenters. The van der Waals surface area contributed by atoms with Gasteiger partial charge in [0.05, 0.1) is 5.69 Å². The highest BCUT2D eigenvalue weighted by Crippen LogP contribution is 2.26. The maximum Gasteiger partial charge on any atom is 0.145 e. The minimum absolute atomic E-state index is 0.581. The van der Waals surface area contributed by atoms with Crippen LogP contribution >= 0.6 is 0 Å². The molecule has 0 saturated heterocycles. The normalized spacial score (nSPS) is 17.3. The fraction of sp³-hybridized carbons (Fsp3) is 0.700. The summed E-state index contributed by atoms with van der Waals surface area (Å²) in [5.74, 6) is 1.50. The summed E-state index contributed by atoms with van der Waals surface area (Å²) in [7, 11) is 2.15. The molecule has 0 radical (unpaired) electrons. The molecule has 0 amide bonds. The third-order valence-electron chi connectivity index (χ3n) is 2.89. The monoisotopic (exact) mass is 194 g/mol. The molecule has 1 aliphatic carbocycles. The van der Waals surface area contributed by atoms with Crippen molar-refractivity contribution in [1.29, 1.82) is 0 Å². The van der Waals surface area contributed by atoms with Gasteiger partial charge in [0.15, 0.2) is 0 Å². The first kappa shape index (κ1) is 9.52. The van der Waals surface area contributed by atoms with Crippen LogP contribution in [0.1, 0.15) is 25.0 Å². The summed E-state index contributed by atoms with van der Waals surface area (Å²) in [5, 5.41) is 6.84. The van der Waals surface area contributed by atoms with Gasteiger partial charge in [0.2, 0.25) is 0 Å². The third-order valence-corrected chi connectivity index (χ3v) is 2.89. The fourth-order valence-corrected chi connectivity index (χ4v) is 1.93. The van der Waals surface area contributed by atoms with Crippen molar-refractivity contribution >= 4 is 5.82 Å². The van der Waals surface area contributed by atoms with Crippen LogP contribution in [0.3, 0.4) is 0 Å². The van der Waals surface area contributed by atoms with Crippen molar-refractivity contribution in [3.8, 4) is 0 Å². The van der Waals surface area contributed by atoms with E-state index in [0.717, 1.165) is 18.2 Å². The summed E-state index contributed by atoms with van der Waals surface area (Å²) < 4.78 is 0. The van der Waals surface area contributed by atoms with Gasteiger partial charge in [-0.05, 0) is 25.8 Å². The van der Waals surface area contributed by atoms with E-state index in [0.29, 0.717) is 5.82 Å². The number of nitrogens with zero attached hydrogens (tertiary/aromatic N) is 2. The van der Waals surface area contributed by atoms with Gasteiger partial charge >= 0.3 is 0 Å². The van der Waals surface area contributed by atoms with Gasteiger partial charge in [-0.25, -0.2) is 0 Å². The number of aromatic nitrogens is 2. The number of H-pyrrole nitrogens is 1. The smallest absolute Gasteiger partial charge is 0.145 e. The van der Waals surface area contributed by atoms with Crippen LogP contribution in [0.25, 0.3) is 0 Å². The van der Waals surface area contributed by atoms with Crippen LogP contribution in [-0.4, -0.2) is 28.7 Å². The van der Waals surface area contributed by atoms with Crippen molar-refractivity contribution in [2.75, 3.05) is 19.3 Å². The van der Waals surface area contributed by atoms with E-state index in [2.05, 4.69) is 22.1 Å². The SMILES string of the molecule is CN(Cc1cc(N)n[nH]1)CC1CCC1. The Kier molecular flexibility index (Phi) is 2.72. The average molecular weight is 194 g/mol. The Hall–Kier alpha value is -1.03. The van der Waals surface area contributed by atoms with Crippen molar-refractivity contribution in [3.63, 3.8) is 0 Å². The average Bonchev–Trinajstić information content (AvgIpc) is 2.44. The molecular weight excluding hydrogens is 176 g/mol. The molecule has 0 aliphatic heterocycles. The van der Waals surface area contributed by atoms with E-state index in [4.69, 9.17) is 5.73 Å². The summed E-state index contributed by atoms with van der Waals surface area (Å²) in [5.41, 5.74) is 6.63. The highest BCUT2D eigenvalue weighted by atomic mass is 15.2. The minimum atomic E-state index is 0.581. The maximum absolute atomic E-state index is 5.53. The largest absolute Gasteiger partial charge is 0.382 e. The molecule has 2 rings (SSSR count). The minimum Gasteiger partial charge on any atom is -0.382 e. The lowest BCUT2D eigenvalue weighted by atomic mass is 9.85. The van der Waals surface area contributed by atoms with Crippen molar-refractivity contribution in [1.82, 2.24) is 15.1 Å². The first-order chi connectivity index (χ1) is 6.74. The topological polar surface area (TPSA) is 57.9 Å². The molecule has 0 bridgehead atoms. The highest BCUT2D eigenvalue weighted by Gasteiger charge is 2.19. The Balaban J connectivity index is 1.78. The van der Waals surface area contributed by atoms with Gasteiger partial charge in [-0.1, -0.05) is 6.42 Å². The molecule has 3 N–H and O–H groups in total. The van der Waals surface area contributed by atoms with Crippen LogP contribution < -0.4 is 5.73 Å². The van der Waals surface area contributed by atoms with E-state index in [1.54, 1.807) is 0 Å². The third kappa shape index (κ3) is 2.26. The standard InChI is InChI=1S/C10H18N4/c1-14(6-8-3-2-4-8)7-9-5-10(11)13-12-9/h5,8H,2-4,6-7H2,1H3,(H3,11,12,13). The molecule has 1 heterocycles. The second-order valence-corrected chi connectivity index (χ2v) is 4.31.